The Morgan fingerprint density at radius 2 is 1.74 bits per heavy atom. The Morgan fingerprint density at radius 3 is 2.26 bits per heavy atom. The maximum absolute atomic E-state index is 13.8. The number of aryl methyl sites for hydroxylation is 1. The molecule has 100 valence electrons. The first-order valence-corrected chi connectivity index (χ1v) is 6.36. The molecule has 0 aliphatic heterocycles. The van der Waals surface area contributed by atoms with Gasteiger partial charge in [-0.25, -0.2) is 8.78 Å². The van der Waals surface area contributed by atoms with Crippen molar-refractivity contribution < 1.29 is 8.78 Å². The van der Waals surface area contributed by atoms with Crippen LogP contribution in [0.25, 0.3) is 0 Å². The number of benzene rings is 2. The van der Waals surface area contributed by atoms with E-state index in [0.29, 0.717) is 5.56 Å². The van der Waals surface area contributed by atoms with Crippen LogP contribution in [0.5, 0.6) is 0 Å². The zero-order valence-electron chi connectivity index (χ0n) is 11.1. The van der Waals surface area contributed by atoms with Gasteiger partial charge in [-0.3, -0.25) is 0 Å². The highest BCUT2D eigenvalue weighted by atomic mass is 19.1. The van der Waals surface area contributed by atoms with E-state index in [1.54, 1.807) is 7.05 Å². The lowest BCUT2D eigenvalue weighted by molar-refractivity contribution is 0.551. The highest BCUT2D eigenvalue weighted by Crippen LogP contribution is 2.25. The van der Waals surface area contributed by atoms with Crippen molar-refractivity contribution in [2.45, 2.75) is 19.4 Å². The standard InChI is InChI=1S/C16H17F2N/c1-3-11-4-6-12(7-5-11)16(19-2)14-9-8-13(17)10-15(14)18/h4-10,16,19H,3H2,1-2H3. The van der Waals surface area contributed by atoms with Crippen LogP contribution in [0, 0.1) is 11.6 Å². The maximum atomic E-state index is 13.8. The highest BCUT2D eigenvalue weighted by Gasteiger charge is 2.16. The molecule has 0 aliphatic rings. The molecule has 0 spiro atoms. The van der Waals surface area contributed by atoms with Gasteiger partial charge in [-0.1, -0.05) is 37.3 Å². The van der Waals surface area contributed by atoms with Crippen LogP contribution in [0.3, 0.4) is 0 Å². The Kier molecular flexibility index (Phi) is 4.27. The Bertz CT molecular complexity index is 549. The molecule has 1 nitrogen and oxygen atoms in total. The third-order valence-corrected chi connectivity index (χ3v) is 3.28. The quantitative estimate of drug-likeness (QED) is 0.881. The predicted molar refractivity (Wildman–Crippen MR) is 73.1 cm³/mol. The molecular formula is C16H17F2N. The van der Waals surface area contributed by atoms with Gasteiger partial charge in [-0.15, -0.1) is 0 Å². The second-order valence-electron chi connectivity index (χ2n) is 4.48. The minimum Gasteiger partial charge on any atom is -0.309 e. The van der Waals surface area contributed by atoms with E-state index in [4.69, 9.17) is 0 Å². The minimum atomic E-state index is -0.558. The van der Waals surface area contributed by atoms with Crippen LogP contribution in [-0.4, -0.2) is 7.05 Å². The molecule has 1 unspecified atom stereocenters. The fourth-order valence-electron chi connectivity index (χ4n) is 2.18. The lowest BCUT2D eigenvalue weighted by Crippen LogP contribution is -2.19. The van der Waals surface area contributed by atoms with Crippen LogP contribution in [0.2, 0.25) is 0 Å². The molecule has 3 heteroatoms. The van der Waals surface area contributed by atoms with E-state index in [1.807, 2.05) is 24.3 Å². The Morgan fingerprint density at radius 1 is 1.05 bits per heavy atom. The topological polar surface area (TPSA) is 12.0 Å². The van der Waals surface area contributed by atoms with Crippen LogP contribution < -0.4 is 5.32 Å². The first-order valence-electron chi connectivity index (χ1n) is 6.36. The molecule has 0 saturated carbocycles. The molecule has 0 fully saturated rings. The number of hydrogen-bond donors (Lipinski definition) is 1. The van der Waals surface area contributed by atoms with E-state index in [-0.39, 0.29) is 6.04 Å². The average molecular weight is 261 g/mol. The van der Waals surface area contributed by atoms with Crippen molar-refractivity contribution in [2.24, 2.45) is 0 Å². The summed E-state index contributed by atoms with van der Waals surface area (Å²) >= 11 is 0. The fraction of sp³-hybridized carbons (Fsp3) is 0.250. The van der Waals surface area contributed by atoms with Gasteiger partial charge >= 0.3 is 0 Å². The Labute approximate surface area is 112 Å². The van der Waals surface area contributed by atoms with Crippen LogP contribution in [0.1, 0.15) is 29.7 Å². The molecule has 0 aromatic heterocycles. The number of nitrogens with one attached hydrogen (secondary N) is 1. The van der Waals surface area contributed by atoms with Gasteiger partial charge < -0.3 is 5.32 Å². The van der Waals surface area contributed by atoms with E-state index >= 15 is 0 Å². The first kappa shape index (κ1) is 13.7. The highest BCUT2D eigenvalue weighted by molar-refractivity contribution is 5.34. The van der Waals surface area contributed by atoms with Gasteiger partial charge in [0.25, 0.3) is 0 Å². The third kappa shape index (κ3) is 2.99. The molecule has 0 bridgehead atoms. The molecule has 1 N–H and O–H groups in total. The van der Waals surface area contributed by atoms with Crippen LogP contribution in [0.4, 0.5) is 8.78 Å². The summed E-state index contributed by atoms with van der Waals surface area (Å²) in [6.07, 6.45) is 0.968. The molecule has 0 radical (unpaired) electrons. The van der Waals surface area contributed by atoms with Crippen LogP contribution in [-0.2, 0) is 6.42 Å². The number of hydrogen-bond acceptors (Lipinski definition) is 1. The normalized spacial score (nSPS) is 12.4. The molecule has 2 aromatic carbocycles. The van der Waals surface area contributed by atoms with Crippen molar-refractivity contribution >= 4 is 0 Å². The van der Waals surface area contributed by atoms with Crippen molar-refractivity contribution in [3.05, 3.63) is 70.8 Å². The van der Waals surface area contributed by atoms with Gasteiger partial charge in [0.1, 0.15) is 11.6 Å². The summed E-state index contributed by atoms with van der Waals surface area (Å²) in [6.45, 7) is 2.09. The van der Waals surface area contributed by atoms with E-state index in [1.165, 1.54) is 17.7 Å². The summed E-state index contributed by atoms with van der Waals surface area (Å²) in [6, 6.07) is 11.4. The third-order valence-electron chi connectivity index (χ3n) is 3.28. The minimum absolute atomic E-state index is 0.272. The van der Waals surface area contributed by atoms with Crippen molar-refractivity contribution in [1.29, 1.82) is 0 Å². The zero-order valence-corrected chi connectivity index (χ0v) is 11.1. The molecular weight excluding hydrogens is 244 g/mol. The smallest absolute Gasteiger partial charge is 0.131 e. The van der Waals surface area contributed by atoms with Crippen molar-refractivity contribution in [3.8, 4) is 0 Å². The molecule has 19 heavy (non-hydrogen) atoms. The van der Waals surface area contributed by atoms with E-state index in [9.17, 15) is 8.78 Å². The molecule has 0 aliphatic carbocycles. The number of rotatable bonds is 4. The Balaban J connectivity index is 2.37. The van der Waals surface area contributed by atoms with Crippen molar-refractivity contribution in [3.63, 3.8) is 0 Å². The zero-order chi connectivity index (χ0) is 13.8. The summed E-state index contributed by atoms with van der Waals surface area (Å²) in [5.74, 6) is -1.09. The summed E-state index contributed by atoms with van der Waals surface area (Å²) in [5, 5.41) is 3.07. The largest absolute Gasteiger partial charge is 0.309 e. The average Bonchev–Trinajstić information content (AvgIpc) is 2.42. The van der Waals surface area contributed by atoms with Crippen LogP contribution >= 0.6 is 0 Å². The van der Waals surface area contributed by atoms with Crippen molar-refractivity contribution in [1.82, 2.24) is 5.32 Å². The summed E-state index contributed by atoms with van der Waals surface area (Å²) in [5.41, 5.74) is 2.65. The van der Waals surface area contributed by atoms with Gasteiger partial charge in [0.05, 0.1) is 6.04 Å². The van der Waals surface area contributed by atoms with Gasteiger partial charge in [-0.2, -0.15) is 0 Å². The van der Waals surface area contributed by atoms with Crippen molar-refractivity contribution in [2.75, 3.05) is 7.05 Å². The fourth-order valence-corrected chi connectivity index (χ4v) is 2.18. The second kappa shape index (κ2) is 5.93. The molecule has 0 saturated heterocycles. The molecule has 2 aromatic rings. The first-order chi connectivity index (χ1) is 9.15. The maximum Gasteiger partial charge on any atom is 0.131 e. The predicted octanol–water partition coefficient (Wildman–Crippen LogP) is 3.84. The second-order valence-corrected chi connectivity index (χ2v) is 4.48. The monoisotopic (exact) mass is 261 g/mol. The van der Waals surface area contributed by atoms with Gasteiger partial charge in [0.15, 0.2) is 0 Å². The molecule has 0 amide bonds. The van der Waals surface area contributed by atoms with E-state index in [2.05, 4.69) is 12.2 Å². The number of halogens is 2. The lowest BCUT2D eigenvalue weighted by atomic mass is 9.97. The molecule has 2 rings (SSSR count). The van der Waals surface area contributed by atoms with Gasteiger partial charge in [0, 0.05) is 11.6 Å². The lowest BCUT2D eigenvalue weighted by Gasteiger charge is -2.18. The summed E-state index contributed by atoms with van der Waals surface area (Å²) < 4.78 is 26.8. The van der Waals surface area contributed by atoms with Gasteiger partial charge in [0.2, 0.25) is 0 Å². The Hall–Kier alpha value is -1.74. The SMILES string of the molecule is CCc1ccc(C(NC)c2ccc(F)cc2F)cc1. The summed E-state index contributed by atoms with van der Waals surface area (Å²) in [7, 11) is 1.77. The van der Waals surface area contributed by atoms with Gasteiger partial charge in [-0.05, 0) is 30.7 Å². The van der Waals surface area contributed by atoms with E-state index < -0.39 is 11.6 Å². The molecule has 0 heterocycles. The molecule has 1 atom stereocenters. The van der Waals surface area contributed by atoms with E-state index in [0.717, 1.165) is 18.1 Å². The summed E-state index contributed by atoms with van der Waals surface area (Å²) in [4.78, 5) is 0. The van der Waals surface area contributed by atoms with Crippen LogP contribution in [0.15, 0.2) is 42.5 Å².